The number of hydrogen-bond acceptors (Lipinski definition) is 5. The van der Waals surface area contributed by atoms with Crippen molar-refractivity contribution in [1.29, 1.82) is 0 Å². The highest BCUT2D eigenvalue weighted by Gasteiger charge is 1.95. The Morgan fingerprint density at radius 1 is 1.24 bits per heavy atom. The summed E-state index contributed by atoms with van der Waals surface area (Å²) in [6.07, 6.45) is 4.73. The molecule has 0 saturated heterocycles. The van der Waals surface area contributed by atoms with Crippen LogP contribution in [0, 0.1) is 0 Å². The molecule has 0 aliphatic rings. The summed E-state index contributed by atoms with van der Waals surface area (Å²) in [7, 11) is 0. The predicted molar refractivity (Wildman–Crippen MR) is 69.1 cm³/mol. The van der Waals surface area contributed by atoms with Crippen LogP contribution in [0.1, 0.15) is 5.56 Å². The minimum atomic E-state index is 0.176. The van der Waals surface area contributed by atoms with Crippen molar-refractivity contribution >= 4 is 28.1 Å². The van der Waals surface area contributed by atoms with Crippen molar-refractivity contribution in [3.63, 3.8) is 0 Å². The number of aromatic nitrogens is 2. The molecule has 2 aromatic rings. The van der Waals surface area contributed by atoms with Crippen LogP contribution < -0.4 is 5.43 Å². The number of aromatic hydroxyl groups is 1. The van der Waals surface area contributed by atoms with Crippen LogP contribution in [0.2, 0.25) is 0 Å². The molecule has 86 valence electrons. The largest absolute Gasteiger partial charge is 0.507 e. The lowest BCUT2D eigenvalue weighted by Crippen LogP contribution is -1.95. The molecule has 0 amide bonds. The monoisotopic (exact) mass is 292 g/mol. The smallest absolute Gasteiger partial charge is 0.243 e. The van der Waals surface area contributed by atoms with E-state index in [-0.39, 0.29) is 5.75 Å². The second kappa shape index (κ2) is 5.40. The summed E-state index contributed by atoms with van der Waals surface area (Å²) in [5.41, 5.74) is 3.29. The predicted octanol–water partition coefficient (Wildman–Crippen LogP) is 2.39. The van der Waals surface area contributed by atoms with Gasteiger partial charge in [-0.2, -0.15) is 5.10 Å². The van der Waals surface area contributed by atoms with Gasteiger partial charge in [0.05, 0.1) is 10.7 Å². The summed E-state index contributed by atoms with van der Waals surface area (Å²) in [4.78, 5) is 7.97. The second-order valence-electron chi connectivity index (χ2n) is 3.15. The summed E-state index contributed by atoms with van der Waals surface area (Å²) in [5, 5.41) is 13.4. The van der Waals surface area contributed by atoms with E-state index in [0.717, 1.165) is 4.47 Å². The molecule has 0 fully saturated rings. The summed E-state index contributed by atoms with van der Waals surface area (Å²) < 4.78 is 0.799. The molecule has 0 bridgehead atoms. The SMILES string of the molecule is Oc1ccccc1/C=N/Nc1ncc(Br)cn1. The molecule has 0 aliphatic heterocycles. The Morgan fingerprint density at radius 2 is 1.94 bits per heavy atom. The second-order valence-corrected chi connectivity index (χ2v) is 4.07. The maximum absolute atomic E-state index is 9.49. The number of benzene rings is 1. The van der Waals surface area contributed by atoms with E-state index in [4.69, 9.17) is 0 Å². The zero-order valence-electron chi connectivity index (χ0n) is 8.71. The van der Waals surface area contributed by atoms with Crippen LogP contribution in [0.5, 0.6) is 5.75 Å². The van der Waals surface area contributed by atoms with Crippen LogP contribution in [0.3, 0.4) is 0 Å². The third-order valence-corrected chi connectivity index (χ3v) is 2.33. The standard InChI is InChI=1S/C11H9BrN4O/c12-9-6-13-11(14-7-9)16-15-5-8-3-1-2-4-10(8)17/h1-7,17H,(H,13,14,16)/b15-5+. The lowest BCUT2D eigenvalue weighted by Gasteiger charge is -1.98. The van der Waals surface area contributed by atoms with Crippen molar-refractivity contribution in [3.8, 4) is 5.75 Å². The van der Waals surface area contributed by atoms with Crippen LogP contribution in [-0.2, 0) is 0 Å². The number of hydrazone groups is 1. The van der Waals surface area contributed by atoms with Gasteiger partial charge < -0.3 is 5.11 Å². The van der Waals surface area contributed by atoms with Gasteiger partial charge in [0.1, 0.15) is 5.75 Å². The lowest BCUT2D eigenvalue weighted by atomic mass is 10.2. The zero-order chi connectivity index (χ0) is 12.1. The van der Waals surface area contributed by atoms with Crippen molar-refractivity contribution < 1.29 is 5.11 Å². The summed E-state index contributed by atoms with van der Waals surface area (Å²) >= 11 is 3.24. The Balaban J connectivity index is 2.03. The third kappa shape index (κ3) is 3.25. The molecule has 0 spiro atoms. The fourth-order valence-corrected chi connectivity index (χ4v) is 1.33. The Hall–Kier alpha value is -1.95. The van der Waals surface area contributed by atoms with E-state index in [2.05, 4.69) is 36.4 Å². The van der Waals surface area contributed by atoms with Crippen LogP contribution in [0.4, 0.5) is 5.95 Å². The third-order valence-electron chi connectivity index (χ3n) is 1.93. The molecular weight excluding hydrogens is 284 g/mol. The maximum Gasteiger partial charge on any atom is 0.243 e. The van der Waals surface area contributed by atoms with Crippen molar-refractivity contribution in [2.45, 2.75) is 0 Å². The fraction of sp³-hybridized carbons (Fsp3) is 0. The van der Waals surface area contributed by atoms with E-state index >= 15 is 0 Å². The van der Waals surface area contributed by atoms with E-state index in [9.17, 15) is 5.11 Å². The molecular formula is C11H9BrN4O. The number of phenolic OH excluding ortho intramolecular Hbond substituents is 1. The van der Waals surface area contributed by atoms with E-state index in [1.54, 1.807) is 30.6 Å². The number of rotatable bonds is 3. The Morgan fingerprint density at radius 3 is 2.65 bits per heavy atom. The van der Waals surface area contributed by atoms with Gasteiger partial charge >= 0.3 is 0 Å². The molecule has 2 N–H and O–H groups in total. The van der Waals surface area contributed by atoms with E-state index in [1.165, 1.54) is 6.21 Å². The molecule has 17 heavy (non-hydrogen) atoms. The first-order valence-corrected chi connectivity index (χ1v) is 5.59. The van der Waals surface area contributed by atoms with Crippen LogP contribution in [0.25, 0.3) is 0 Å². The summed E-state index contributed by atoms with van der Waals surface area (Å²) in [5.74, 6) is 0.564. The minimum absolute atomic E-state index is 0.176. The van der Waals surface area contributed by atoms with Gasteiger partial charge in [-0.3, -0.25) is 0 Å². The normalized spacial score (nSPS) is 10.6. The molecule has 1 heterocycles. The van der Waals surface area contributed by atoms with E-state index < -0.39 is 0 Å². The average Bonchev–Trinajstić information content (AvgIpc) is 2.34. The van der Waals surface area contributed by atoms with Crippen LogP contribution in [-0.4, -0.2) is 21.3 Å². The van der Waals surface area contributed by atoms with Crippen molar-refractivity contribution in [3.05, 3.63) is 46.7 Å². The number of nitrogens with zero attached hydrogens (tertiary/aromatic N) is 3. The average molecular weight is 293 g/mol. The maximum atomic E-state index is 9.49. The van der Waals surface area contributed by atoms with Gasteiger partial charge in [0, 0.05) is 18.0 Å². The first kappa shape index (κ1) is 11.5. The summed E-state index contributed by atoms with van der Waals surface area (Å²) in [6, 6.07) is 6.91. The molecule has 5 nitrogen and oxygen atoms in total. The first-order valence-electron chi connectivity index (χ1n) is 4.80. The Kier molecular flexibility index (Phi) is 3.66. The van der Waals surface area contributed by atoms with Gasteiger partial charge in [-0.05, 0) is 28.1 Å². The first-order chi connectivity index (χ1) is 8.25. The fourth-order valence-electron chi connectivity index (χ4n) is 1.13. The van der Waals surface area contributed by atoms with Crippen molar-refractivity contribution in [1.82, 2.24) is 9.97 Å². The zero-order valence-corrected chi connectivity index (χ0v) is 10.3. The number of hydrogen-bond donors (Lipinski definition) is 2. The highest BCUT2D eigenvalue weighted by Crippen LogP contribution is 2.12. The summed E-state index contributed by atoms with van der Waals surface area (Å²) in [6.45, 7) is 0. The topological polar surface area (TPSA) is 70.4 Å². The van der Waals surface area contributed by atoms with Gasteiger partial charge in [-0.15, -0.1) is 0 Å². The molecule has 0 saturated carbocycles. The molecule has 0 radical (unpaired) electrons. The highest BCUT2D eigenvalue weighted by molar-refractivity contribution is 9.10. The van der Waals surface area contributed by atoms with E-state index in [0.29, 0.717) is 11.5 Å². The lowest BCUT2D eigenvalue weighted by molar-refractivity contribution is 0.474. The highest BCUT2D eigenvalue weighted by atomic mass is 79.9. The minimum Gasteiger partial charge on any atom is -0.507 e. The molecule has 1 aromatic carbocycles. The molecule has 1 aromatic heterocycles. The van der Waals surface area contributed by atoms with Gasteiger partial charge in [-0.1, -0.05) is 12.1 Å². The molecule has 0 atom stereocenters. The molecule has 0 aliphatic carbocycles. The number of phenols is 1. The van der Waals surface area contributed by atoms with Gasteiger partial charge in [0.25, 0.3) is 0 Å². The molecule has 6 heteroatoms. The number of nitrogens with one attached hydrogen (secondary N) is 1. The van der Waals surface area contributed by atoms with Crippen molar-refractivity contribution in [2.75, 3.05) is 5.43 Å². The van der Waals surface area contributed by atoms with Crippen LogP contribution >= 0.6 is 15.9 Å². The molecule has 2 rings (SSSR count). The Bertz CT molecular complexity index is 527. The Labute approximate surface area is 106 Å². The number of para-hydroxylation sites is 1. The van der Waals surface area contributed by atoms with Gasteiger partial charge in [0.15, 0.2) is 0 Å². The molecule has 0 unspecified atom stereocenters. The van der Waals surface area contributed by atoms with Gasteiger partial charge in [-0.25, -0.2) is 15.4 Å². The number of anilines is 1. The van der Waals surface area contributed by atoms with Gasteiger partial charge in [0.2, 0.25) is 5.95 Å². The van der Waals surface area contributed by atoms with E-state index in [1.807, 2.05) is 6.07 Å². The quantitative estimate of drug-likeness (QED) is 0.673. The number of halogens is 1. The van der Waals surface area contributed by atoms with Crippen LogP contribution in [0.15, 0.2) is 46.2 Å². The van der Waals surface area contributed by atoms with Crippen molar-refractivity contribution in [2.24, 2.45) is 5.10 Å².